The van der Waals surface area contributed by atoms with Crippen LogP contribution < -0.4 is 0 Å². The minimum absolute atomic E-state index is 0.0111. The van der Waals surface area contributed by atoms with E-state index in [4.69, 9.17) is 0 Å². The molecule has 0 atom stereocenters. The van der Waals surface area contributed by atoms with Crippen molar-refractivity contribution >= 4 is 5.78 Å². The lowest BCUT2D eigenvalue weighted by molar-refractivity contribution is 0.0904. The highest BCUT2D eigenvalue weighted by Gasteiger charge is 2.19. The molecule has 1 nitrogen and oxygen atoms in total. The quantitative estimate of drug-likeness (QED) is 0.582. The molecule has 0 fully saturated rings. The Labute approximate surface area is 132 Å². The second-order valence-electron chi connectivity index (χ2n) is 5.70. The Morgan fingerprint density at radius 3 is 2.18 bits per heavy atom. The van der Waals surface area contributed by atoms with E-state index < -0.39 is 0 Å². The summed E-state index contributed by atoms with van der Waals surface area (Å²) >= 11 is 0. The molecule has 0 N–H and O–H groups in total. The monoisotopic (exact) mass is 298 g/mol. The second-order valence-corrected chi connectivity index (χ2v) is 5.70. The maximum absolute atomic E-state index is 14.4. The Hall–Kier alpha value is -1.96. The lowest BCUT2D eigenvalue weighted by atomic mass is 9.89. The van der Waals surface area contributed by atoms with E-state index in [0.717, 1.165) is 31.2 Å². The smallest absolute Gasteiger partial charge is 0.166 e. The molecule has 0 aliphatic carbocycles. The van der Waals surface area contributed by atoms with Crippen molar-refractivity contribution in [2.75, 3.05) is 0 Å². The second kappa shape index (κ2) is 7.88. The summed E-state index contributed by atoms with van der Waals surface area (Å²) < 4.78 is 14.4. The van der Waals surface area contributed by atoms with Gasteiger partial charge in [0.15, 0.2) is 5.78 Å². The van der Waals surface area contributed by atoms with Gasteiger partial charge in [-0.3, -0.25) is 4.79 Å². The third kappa shape index (κ3) is 3.82. The van der Waals surface area contributed by atoms with Crippen molar-refractivity contribution in [2.45, 2.75) is 39.5 Å². The van der Waals surface area contributed by atoms with E-state index in [1.807, 2.05) is 30.3 Å². The molecule has 2 heteroatoms. The fourth-order valence-electron chi connectivity index (χ4n) is 2.86. The maximum atomic E-state index is 14.4. The summed E-state index contributed by atoms with van der Waals surface area (Å²) in [5.74, 6) is -0.247. The molecule has 2 rings (SSSR count). The first-order chi connectivity index (χ1) is 10.7. The van der Waals surface area contributed by atoms with Gasteiger partial charge in [-0.15, -0.1) is 0 Å². The van der Waals surface area contributed by atoms with Crippen molar-refractivity contribution in [1.29, 1.82) is 0 Å². The van der Waals surface area contributed by atoms with Crippen LogP contribution in [0.5, 0.6) is 0 Å². The molecule has 0 amide bonds. The van der Waals surface area contributed by atoms with E-state index in [2.05, 4.69) is 13.8 Å². The van der Waals surface area contributed by atoms with Crippen LogP contribution in [0.3, 0.4) is 0 Å². The average Bonchev–Trinajstić information content (AvgIpc) is 2.54. The molecule has 0 saturated carbocycles. The predicted molar refractivity (Wildman–Crippen MR) is 89.5 cm³/mol. The number of carbonyl (C=O) groups is 1. The van der Waals surface area contributed by atoms with Crippen molar-refractivity contribution < 1.29 is 9.18 Å². The zero-order valence-corrected chi connectivity index (χ0v) is 13.3. The van der Waals surface area contributed by atoms with Crippen molar-refractivity contribution in [3.05, 3.63) is 59.9 Å². The summed E-state index contributed by atoms with van der Waals surface area (Å²) in [6.07, 6.45) is 3.69. The number of hydrogen-bond donors (Lipinski definition) is 0. The van der Waals surface area contributed by atoms with Crippen LogP contribution in [0.4, 0.5) is 4.39 Å². The van der Waals surface area contributed by atoms with Crippen molar-refractivity contribution in [3.8, 4) is 11.1 Å². The Bertz CT molecular complexity index is 613. The topological polar surface area (TPSA) is 17.1 Å². The Balaban J connectivity index is 2.27. The van der Waals surface area contributed by atoms with E-state index in [-0.39, 0.29) is 17.5 Å². The number of carbonyl (C=O) groups excluding carboxylic acids is 1. The van der Waals surface area contributed by atoms with Gasteiger partial charge >= 0.3 is 0 Å². The van der Waals surface area contributed by atoms with Crippen molar-refractivity contribution in [3.63, 3.8) is 0 Å². The molecular formula is C20H23FO. The van der Waals surface area contributed by atoms with Crippen LogP contribution >= 0.6 is 0 Å². The molecule has 0 heterocycles. The molecule has 0 spiro atoms. The summed E-state index contributed by atoms with van der Waals surface area (Å²) in [4.78, 5) is 12.6. The Kier molecular flexibility index (Phi) is 5.88. The summed E-state index contributed by atoms with van der Waals surface area (Å²) in [6.45, 7) is 4.16. The highest BCUT2D eigenvalue weighted by Crippen LogP contribution is 2.26. The van der Waals surface area contributed by atoms with Gasteiger partial charge in [0.25, 0.3) is 0 Å². The summed E-state index contributed by atoms with van der Waals surface area (Å²) in [5, 5.41) is 0. The fourth-order valence-corrected chi connectivity index (χ4v) is 2.86. The van der Waals surface area contributed by atoms with Gasteiger partial charge < -0.3 is 0 Å². The first kappa shape index (κ1) is 16.4. The summed E-state index contributed by atoms with van der Waals surface area (Å²) in [5.41, 5.74) is 1.86. The molecule has 0 radical (unpaired) electrons. The molecule has 22 heavy (non-hydrogen) atoms. The van der Waals surface area contributed by atoms with Crippen LogP contribution in [0, 0.1) is 11.7 Å². The SMILES string of the molecule is CCCC(CCC)C(=O)c1ccc(-c2ccccc2)c(F)c1. The summed E-state index contributed by atoms with van der Waals surface area (Å²) in [6, 6.07) is 14.3. The number of rotatable bonds is 7. The number of hydrogen-bond acceptors (Lipinski definition) is 1. The highest BCUT2D eigenvalue weighted by atomic mass is 19.1. The molecule has 0 aliphatic rings. The van der Waals surface area contributed by atoms with Crippen molar-refractivity contribution in [2.24, 2.45) is 5.92 Å². The minimum Gasteiger partial charge on any atom is -0.294 e. The van der Waals surface area contributed by atoms with E-state index in [1.165, 1.54) is 6.07 Å². The van der Waals surface area contributed by atoms with Crippen LogP contribution in [0.1, 0.15) is 49.9 Å². The van der Waals surface area contributed by atoms with Gasteiger partial charge in [-0.2, -0.15) is 0 Å². The zero-order chi connectivity index (χ0) is 15.9. The lowest BCUT2D eigenvalue weighted by Gasteiger charge is -2.14. The molecule has 2 aromatic rings. The maximum Gasteiger partial charge on any atom is 0.166 e. The van der Waals surface area contributed by atoms with Gasteiger partial charge in [0.1, 0.15) is 5.82 Å². The standard InChI is InChI=1S/C20H23FO/c1-3-8-16(9-4-2)20(22)17-12-13-18(19(21)14-17)15-10-6-5-7-11-15/h5-7,10-14,16H,3-4,8-9H2,1-2H3. The first-order valence-electron chi connectivity index (χ1n) is 8.06. The minimum atomic E-state index is -0.330. The fraction of sp³-hybridized carbons (Fsp3) is 0.350. The molecule has 116 valence electrons. The number of Topliss-reactive ketones (excluding diaryl/α,β-unsaturated/α-hetero) is 1. The van der Waals surface area contributed by atoms with E-state index in [0.29, 0.717) is 11.1 Å². The molecule has 0 bridgehead atoms. The van der Waals surface area contributed by atoms with Crippen LogP contribution in [-0.2, 0) is 0 Å². The third-order valence-electron chi connectivity index (χ3n) is 3.98. The zero-order valence-electron chi connectivity index (χ0n) is 13.3. The van der Waals surface area contributed by atoms with Crippen molar-refractivity contribution in [1.82, 2.24) is 0 Å². The Morgan fingerprint density at radius 2 is 1.64 bits per heavy atom. The molecule has 0 aliphatic heterocycles. The largest absolute Gasteiger partial charge is 0.294 e. The highest BCUT2D eigenvalue weighted by molar-refractivity contribution is 5.98. The lowest BCUT2D eigenvalue weighted by Crippen LogP contribution is -2.15. The Morgan fingerprint density at radius 1 is 1.00 bits per heavy atom. The molecule has 0 unspecified atom stereocenters. The molecule has 2 aromatic carbocycles. The van der Waals surface area contributed by atoms with Gasteiger partial charge in [0.2, 0.25) is 0 Å². The van der Waals surface area contributed by atoms with Gasteiger partial charge in [-0.25, -0.2) is 4.39 Å². The predicted octanol–water partition coefficient (Wildman–Crippen LogP) is 5.89. The van der Waals surface area contributed by atoms with Gasteiger partial charge in [-0.1, -0.05) is 69.2 Å². The van der Waals surface area contributed by atoms with Crippen LogP contribution in [0.2, 0.25) is 0 Å². The molecular weight excluding hydrogens is 275 g/mol. The summed E-state index contributed by atoms with van der Waals surface area (Å²) in [7, 11) is 0. The number of ketones is 1. The van der Waals surface area contributed by atoms with Crippen LogP contribution in [-0.4, -0.2) is 5.78 Å². The van der Waals surface area contributed by atoms with E-state index in [1.54, 1.807) is 12.1 Å². The van der Waals surface area contributed by atoms with Gasteiger partial charge in [-0.05, 0) is 24.5 Å². The normalized spacial score (nSPS) is 10.9. The molecule has 0 saturated heterocycles. The van der Waals surface area contributed by atoms with Crippen LogP contribution in [0.15, 0.2) is 48.5 Å². The van der Waals surface area contributed by atoms with E-state index in [9.17, 15) is 9.18 Å². The average molecular weight is 298 g/mol. The molecule has 0 aromatic heterocycles. The van der Waals surface area contributed by atoms with Gasteiger partial charge in [0, 0.05) is 17.0 Å². The first-order valence-corrected chi connectivity index (χ1v) is 8.06. The van der Waals surface area contributed by atoms with Gasteiger partial charge in [0.05, 0.1) is 0 Å². The number of halogens is 1. The number of benzene rings is 2. The van der Waals surface area contributed by atoms with Crippen LogP contribution in [0.25, 0.3) is 11.1 Å². The van der Waals surface area contributed by atoms with E-state index >= 15 is 0 Å². The third-order valence-corrected chi connectivity index (χ3v) is 3.98.